The lowest BCUT2D eigenvalue weighted by atomic mass is 10.3. The van der Waals surface area contributed by atoms with Crippen molar-refractivity contribution in [2.75, 3.05) is 26.2 Å². The number of rotatable bonds is 6. The third kappa shape index (κ3) is 5.50. The highest BCUT2D eigenvalue weighted by molar-refractivity contribution is 5.86. The van der Waals surface area contributed by atoms with Crippen molar-refractivity contribution in [3.63, 3.8) is 0 Å². The van der Waals surface area contributed by atoms with Gasteiger partial charge in [0.2, 0.25) is 0 Å². The topological polar surface area (TPSA) is 88.7 Å². The molecule has 0 fully saturated rings. The highest BCUT2D eigenvalue weighted by Gasteiger charge is 2.07. The molecule has 3 N–H and O–H groups in total. The minimum absolute atomic E-state index is 0.0113. The summed E-state index contributed by atoms with van der Waals surface area (Å²) < 4.78 is 0. The Morgan fingerprint density at radius 3 is 1.79 bits per heavy atom. The van der Waals surface area contributed by atoms with Gasteiger partial charge in [-0.15, -0.1) is 0 Å². The van der Waals surface area contributed by atoms with Crippen LogP contribution in [0.4, 0.5) is 0 Å². The lowest BCUT2D eigenvalue weighted by Crippen LogP contribution is -2.35. The van der Waals surface area contributed by atoms with Gasteiger partial charge in [-0.25, -0.2) is 0 Å². The van der Waals surface area contributed by atoms with Crippen LogP contribution in [0, 0.1) is 0 Å². The van der Waals surface area contributed by atoms with Crippen LogP contribution in [0.25, 0.3) is 0 Å². The largest absolute Gasteiger partial charge is 0.411 e. The summed E-state index contributed by atoms with van der Waals surface area (Å²) in [5, 5.41) is 31.8. The SMILES string of the molecule is C/C(CN(CCO)C/C(C)=N/O)=N/O. The van der Waals surface area contributed by atoms with Crippen molar-refractivity contribution in [2.24, 2.45) is 10.3 Å². The molecule has 6 nitrogen and oxygen atoms in total. The molecule has 0 saturated carbocycles. The van der Waals surface area contributed by atoms with Crippen LogP contribution in [-0.4, -0.2) is 58.1 Å². The van der Waals surface area contributed by atoms with Crippen LogP contribution in [0.2, 0.25) is 0 Å². The maximum absolute atomic E-state index is 8.76. The molecule has 0 aromatic rings. The zero-order valence-corrected chi connectivity index (χ0v) is 8.51. The minimum atomic E-state index is 0.0113. The molecule has 0 aliphatic heterocycles. The van der Waals surface area contributed by atoms with Gasteiger partial charge in [-0.2, -0.15) is 0 Å². The van der Waals surface area contributed by atoms with Crippen LogP contribution in [0.3, 0.4) is 0 Å². The first kappa shape index (κ1) is 12.9. The maximum atomic E-state index is 8.76. The Kier molecular flexibility index (Phi) is 6.69. The van der Waals surface area contributed by atoms with E-state index in [9.17, 15) is 0 Å². The molecule has 0 aliphatic carbocycles. The van der Waals surface area contributed by atoms with Crippen LogP contribution >= 0.6 is 0 Å². The summed E-state index contributed by atoms with van der Waals surface area (Å²) in [5.41, 5.74) is 1.09. The third-order valence-corrected chi connectivity index (χ3v) is 1.66. The first-order valence-electron chi connectivity index (χ1n) is 4.32. The molecule has 0 saturated heterocycles. The van der Waals surface area contributed by atoms with Crippen molar-refractivity contribution in [2.45, 2.75) is 13.8 Å². The van der Waals surface area contributed by atoms with Gasteiger partial charge >= 0.3 is 0 Å². The molecule has 82 valence electrons. The Labute approximate surface area is 83.1 Å². The van der Waals surface area contributed by atoms with Crippen molar-refractivity contribution < 1.29 is 15.5 Å². The summed E-state index contributed by atoms with van der Waals surface area (Å²) in [6, 6.07) is 0. The molecule has 0 heterocycles. The van der Waals surface area contributed by atoms with Gasteiger partial charge in [0, 0.05) is 19.6 Å². The molecule has 6 heteroatoms. The van der Waals surface area contributed by atoms with Gasteiger partial charge in [-0.05, 0) is 13.8 Å². The number of oxime groups is 2. The molecule has 0 aromatic heterocycles. The first-order chi connectivity index (χ1) is 6.63. The Balaban J connectivity index is 4.15. The Bertz CT molecular complexity index is 196. The molecular weight excluding hydrogens is 186 g/mol. The zero-order valence-electron chi connectivity index (χ0n) is 8.51. The van der Waals surface area contributed by atoms with Crippen LogP contribution in [0.1, 0.15) is 13.8 Å². The summed E-state index contributed by atoms with van der Waals surface area (Å²) in [5.74, 6) is 0. The quantitative estimate of drug-likeness (QED) is 0.321. The molecule has 0 rings (SSSR count). The Morgan fingerprint density at radius 1 is 1.07 bits per heavy atom. The van der Waals surface area contributed by atoms with E-state index in [1.165, 1.54) is 0 Å². The molecule has 0 amide bonds. The molecule has 0 bridgehead atoms. The number of aliphatic hydroxyl groups excluding tert-OH is 1. The molecule has 14 heavy (non-hydrogen) atoms. The van der Waals surface area contributed by atoms with Gasteiger partial charge in [-0.1, -0.05) is 10.3 Å². The second-order valence-corrected chi connectivity index (χ2v) is 3.10. The standard InChI is InChI=1S/C8H17N3O3/c1-7(9-13)5-11(3-4-12)6-8(2)10-14/h12-14H,3-6H2,1-2H3/b9-7-,10-8+. The van der Waals surface area contributed by atoms with Crippen molar-refractivity contribution in [1.29, 1.82) is 0 Å². The highest BCUT2D eigenvalue weighted by Crippen LogP contribution is 1.91. The molecule has 0 unspecified atom stereocenters. The minimum Gasteiger partial charge on any atom is -0.411 e. The van der Waals surface area contributed by atoms with E-state index in [2.05, 4.69) is 10.3 Å². The maximum Gasteiger partial charge on any atom is 0.0680 e. The lowest BCUT2D eigenvalue weighted by molar-refractivity contribution is 0.223. The van der Waals surface area contributed by atoms with E-state index >= 15 is 0 Å². The summed E-state index contributed by atoms with van der Waals surface area (Å²) in [4.78, 5) is 1.81. The second-order valence-electron chi connectivity index (χ2n) is 3.10. The van der Waals surface area contributed by atoms with Crippen molar-refractivity contribution in [3.05, 3.63) is 0 Å². The van der Waals surface area contributed by atoms with Gasteiger partial charge in [0.15, 0.2) is 0 Å². The predicted octanol–water partition coefficient (Wildman–Crippen LogP) is -0.0191. The lowest BCUT2D eigenvalue weighted by Gasteiger charge is -2.19. The summed E-state index contributed by atoms with van der Waals surface area (Å²) >= 11 is 0. The first-order valence-corrected chi connectivity index (χ1v) is 4.32. The van der Waals surface area contributed by atoms with Gasteiger partial charge in [-0.3, -0.25) is 4.90 Å². The molecule has 0 aromatic carbocycles. The number of hydrogen-bond acceptors (Lipinski definition) is 6. The number of aliphatic hydroxyl groups is 1. The smallest absolute Gasteiger partial charge is 0.0680 e. The van der Waals surface area contributed by atoms with E-state index in [0.29, 0.717) is 31.1 Å². The highest BCUT2D eigenvalue weighted by atomic mass is 16.4. The fourth-order valence-corrected chi connectivity index (χ4v) is 1.07. The molecule has 0 spiro atoms. The predicted molar refractivity (Wildman–Crippen MR) is 53.3 cm³/mol. The molecule has 0 aliphatic rings. The van der Waals surface area contributed by atoms with Crippen molar-refractivity contribution in [3.8, 4) is 0 Å². The van der Waals surface area contributed by atoms with Crippen LogP contribution < -0.4 is 0 Å². The average Bonchev–Trinajstić information content (AvgIpc) is 2.17. The van der Waals surface area contributed by atoms with E-state index in [1.54, 1.807) is 13.8 Å². The van der Waals surface area contributed by atoms with Gasteiger partial charge in [0.1, 0.15) is 0 Å². The summed E-state index contributed by atoms with van der Waals surface area (Å²) in [7, 11) is 0. The summed E-state index contributed by atoms with van der Waals surface area (Å²) in [6.07, 6.45) is 0. The summed E-state index contributed by atoms with van der Waals surface area (Å²) in [6.45, 7) is 4.68. The number of hydrogen-bond donors (Lipinski definition) is 3. The average molecular weight is 203 g/mol. The monoisotopic (exact) mass is 203 g/mol. The zero-order chi connectivity index (χ0) is 11.0. The fourth-order valence-electron chi connectivity index (χ4n) is 1.07. The van der Waals surface area contributed by atoms with Crippen molar-refractivity contribution in [1.82, 2.24) is 4.90 Å². The fraction of sp³-hybridized carbons (Fsp3) is 0.750. The second kappa shape index (κ2) is 7.28. The van der Waals surface area contributed by atoms with E-state index in [4.69, 9.17) is 15.5 Å². The molecular formula is C8H17N3O3. The van der Waals surface area contributed by atoms with Crippen LogP contribution in [0.15, 0.2) is 10.3 Å². The van der Waals surface area contributed by atoms with Crippen LogP contribution in [-0.2, 0) is 0 Å². The Morgan fingerprint density at radius 2 is 1.50 bits per heavy atom. The Hall–Kier alpha value is -1.14. The van der Waals surface area contributed by atoms with Gasteiger partial charge < -0.3 is 15.5 Å². The number of nitrogens with zero attached hydrogens (tertiary/aromatic N) is 3. The van der Waals surface area contributed by atoms with Gasteiger partial charge in [0.25, 0.3) is 0 Å². The van der Waals surface area contributed by atoms with Gasteiger partial charge in [0.05, 0.1) is 18.0 Å². The van der Waals surface area contributed by atoms with Crippen molar-refractivity contribution >= 4 is 11.4 Å². The normalized spacial score (nSPS) is 13.7. The third-order valence-electron chi connectivity index (χ3n) is 1.66. The molecule has 0 radical (unpaired) electrons. The van der Waals surface area contributed by atoms with Crippen LogP contribution in [0.5, 0.6) is 0 Å². The molecule has 0 atom stereocenters. The van der Waals surface area contributed by atoms with E-state index in [1.807, 2.05) is 4.90 Å². The van der Waals surface area contributed by atoms with E-state index < -0.39 is 0 Å². The van der Waals surface area contributed by atoms with E-state index in [0.717, 1.165) is 0 Å². The van der Waals surface area contributed by atoms with E-state index in [-0.39, 0.29) is 6.61 Å².